The van der Waals surface area contributed by atoms with Gasteiger partial charge in [0.1, 0.15) is 11.5 Å². The zero-order valence-corrected chi connectivity index (χ0v) is 44.6. The molecule has 1 atom stereocenters. The fourth-order valence-electron chi connectivity index (χ4n) is 12.9. The first-order valence-electron chi connectivity index (χ1n) is 28.2. The van der Waals surface area contributed by atoms with Gasteiger partial charge in [-0.05, 0) is 187 Å². The van der Waals surface area contributed by atoms with Crippen LogP contribution in [0.1, 0.15) is 12.0 Å². The number of ether oxygens (including phenoxy) is 1. The van der Waals surface area contributed by atoms with Gasteiger partial charge in [0.15, 0.2) is 0 Å². The van der Waals surface area contributed by atoms with Crippen molar-refractivity contribution in [2.75, 3.05) is 0 Å². The van der Waals surface area contributed by atoms with Crippen molar-refractivity contribution < 1.29 is 4.74 Å². The van der Waals surface area contributed by atoms with Crippen molar-refractivity contribution in [3.8, 4) is 89.4 Å². The van der Waals surface area contributed by atoms with E-state index < -0.39 is 0 Å². The lowest BCUT2D eigenvalue weighted by molar-refractivity contribution is 0.483. The Kier molecular flexibility index (Phi) is 12.1. The molecular formula is C80H54O. The fraction of sp³-hybridized carbons (Fsp3) is 0.0250. The van der Waals surface area contributed by atoms with Crippen LogP contribution in [0.3, 0.4) is 0 Å². The van der Waals surface area contributed by atoms with Crippen LogP contribution in [-0.4, -0.2) is 0 Å². The highest BCUT2D eigenvalue weighted by atomic mass is 16.5. The van der Waals surface area contributed by atoms with Crippen LogP contribution >= 0.6 is 0 Å². The second-order valence-corrected chi connectivity index (χ2v) is 21.4. The summed E-state index contributed by atoms with van der Waals surface area (Å²) in [5.41, 5.74) is 20.3. The van der Waals surface area contributed by atoms with E-state index in [0.717, 1.165) is 62.4 Å². The maximum absolute atomic E-state index is 6.58. The van der Waals surface area contributed by atoms with Crippen molar-refractivity contribution in [2.45, 2.75) is 6.42 Å². The first kappa shape index (κ1) is 47.8. The largest absolute Gasteiger partial charge is 0.457 e. The van der Waals surface area contributed by atoms with Crippen LogP contribution in [-0.2, 0) is 0 Å². The van der Waals surface area contributed by atoms with Gasteiger partial charge in [-0.15, -0.1) is 0 Å². The van der Waals surface area contributed by atoms with Gasteiger partial charge in [0, 0.05) is 5.92 Å². The van der Waals surface area contributed by atoms with Crippen LogP contribution in [0.25, 0.3) is 127 Å². The molecule has 1 heteroatoms. The molecule has 15 rings (SSSR count). The maximum Gasteiger partial charge on any atom is 0.128 e. The Morgan fingerprint density at radius 3 is 1.28 bits per heavy atom. The molecule has 0 aromatic heterocycles. The van der Waals surface area contributed by atoms with E-state index in [9.17, 15) is 0 Å². The van der Waals surface area contributed by atoms with Crippen LogP contribution in [0.4, 0.5) is 0 Å². The molecule has 0 bridgehead atoms. The Hall–Kier alpha value is -10.3. The summed E-state index contributed by atoms with van der Waals surface area (Å²) < 4.78 is 6.58. The van der Waals surface area contributed by atoms with Gasteiger partial charge in [0.05, 0.1) is 0 Å². The van der Waals surface area contributed by atoms with Crippen molar-refractivity contribution in [1.29, 1.82) is 0 Å². The summed E-state index contributed by atoms with van der Waals surface area (Å²) in [5, 5.41) is 9.98. The number of para-hydroxylation sites is 1. The quantitative estimate of drug-likeness (QED) is 0.124. The first-order valence-corrected chi connectivity index (χ1v) is 28.2. The molecule has 1 unspecified atom stereocenters. The molecule has 81 heavy (non-hydrogen) atoms. The van der Waals surface area contributed by atoms with Crippen LogP contribution in [0.5, 0.6) is 11.5 Å². The van der Waals surface area contributed by atoms with Gasteiger partial charge in [0.25, 0.3) is 0 Å². The molecule has 2 aliphatic rings. The van der Waals surface area contributed by atoms with Gasteiger partial charge in [-0.25, -0.2) is 0 Å². The van der Waals surface area contributed by atoms with Gasteiger partial charge in [-0.3, -0.25) is 0 Å². The van der Waals surface area contributed by atoms with Gasteiger partial charge in [0.2, 0.25) is 0 Å². The predicted molar refractivity (Wildman–Crippen MR) is 343 cm³/mol. The van der Waals surface area contributed by atoms with Crippen LogP contribution in [0.2, 0.25) is 0 Å². The van der Waals surface area contributed by atoms with Gasteiger partial charge < -0.3 is 4.74 Å². The smallest absolute Gasteiger partial charge is 0.128 e. The van der Waals surface area contributed by atoms with Crippen molar-refractivity contribution in [1.82, 2.24) is 0 Å². The summed E-state index contributed by atoms with van der Waals surface area (Å²) in [4.78, 5) is 0. The molecule has 1 nitrogen and oxygen atoms in total. The van der Waals surface area contributed by atoms with E-state index in [1.54, 1.807) is 0 Å². The lowest BCUT2D eigenvalue weighted by Crippen LogP contribution is -2.06. The molecule has 2 aliphatic carbocycles. The lowest BCUT2D eigenvalue weighted by atomic mass is 9.80. The highest BCUT2D eigenvalue weighted by Crippen LogP contribution is 2.49. The maximum atomic E-state index is 6.58. The zero-order chi connectivity index (χ0) is 53.6. The molecule has 0 saturated carbocycles. The normalized spacial score (nSPS) is 13.8. The first-order chi connectivity index (χ1) is 40.2. The lowest BCUT2D eigenvalue weighted by Gasteiger charge is -2.24. The summed E-state index contributed by atoms with van der Waals surface area (Å²) in [6.45, 7) is 0. The third kappa shape index (κ3) is 8.68. The molecule has 0 spiro atoms. The SMILES string of the molecule is C1=CC2=CC(c3c4ccccc4c(-c4ccc(-c5cc(-c6ccccc6)c(-c6cccc(-c7c8ccccc8c(-c8ccccc8)c8ccccc78)c6)c(-c6cccc(Oc7ccccc7)c6)c5)cc4)c4ccccc34)=CCC2C=C1. The van der Waals surface area contributed by atoms with E-state index in [1.807, 2.05) is 30.3 Å². The molecule has 13 aromatic carbocycles. The number of hydrogen-bond acceptors (Lipinski definition) is 1. The summed E-state index contributed by atoms with van der Waals surface area (Å²) in [6, 6.07) is 99.6. The van der Waals surface area contributed by atoms with E-state index in [4.69, 9.17) is 4.74 Å². The van der Waals surface area contributed by atoms with E-state index in [-0.39, 0.29) is 0 Å². The Morgan fingerprint density at radius 1 is 0.284 bits per heavy atom. The van der Waals surface area contributed by atoms with Crippen molar-refractivity contribution in [3.05, 3.63) is 321 Å². The Labute approximate surface area is 473 Å². The Balaban J connectivity index is 0.918. The Morgan fingerprint density at radius 2 is 0.704 bits per heavy atom. The summed E-state index contributed by atoms with van der Waals surface area (Å²) in [5.74, 6) is 2.01. The third-order valence-electron chi connectivity index (χ3n) is 16.6. The zero-order valence-electron chi connectivity index (χ0n) is 44.6. The van der Waals surface area contributed by atoms with Crippen molar-refractivity contribution >= 4 is 48.7 Å². The molecule has 0 fully saturated rings. The Bertz CT molecular complexity index is 4600. The van der Waals surface area contributed by atoms with Crippen LogP contribution in [0, 0.1) is 5.92 Å². The van der Waals surface area contributed by atoms with Crippen molar-refractivity contribution in [3.63, 3.8) is 0 Å². The molecule has 13 aromatic rings. The average molecular weight is 1030 g/mol. The minimum Gasteiger partial charge on any atom is -0.457 e. The number of fused-ring (bicyclic) bond motifs is 5. The second-order valence-electron chi connectivity index (χ2n) is 21.4. The number of hydrogen-bond donors (Lipinski definition) is 0. The minimum atomic E-state index is 0.437. The van der Waals surface area contributed by atoms with Gasteiger partial charge >= 0.3 is 0 Å². The summed E-state index contributed by atoms with van der Waals surface area (Å²) in [6.07, 6.45) is 14.8. The highest BCUT2D eigenvalue weighted by Gasteiger charge is 2.24. The molecule has 0 saturated heterocycles. The molecule has 380 valence electrons. The summed E-state index contributed by atoms with van der Waals surface area (Å²) in [7, 11) is 0. The van der Waals surface area contributed by atoms with Crippen molar-refractivity contribution in [2.24, 2.45) is 5.92 Å². The van der Waals surface area contributed by atoms with Crippen LogP contribution < -0.4 is 4.74 Å². The van der Waals surface area contributed by atoms with E-state index in [2.05, 4.69) is 279 Å². The number of allylic oxidation sites excluding steroid dienone is 8. The molecule has 0 amide bonds. The standard InChI is InChI=1S/C80H54O/c1-4-23-55(24-5-1)74-51-63(54-42-45-57(46-43-54)77-68-36-14-18-40-72(68)79(73-41-19-15-37-69(73)77)62-47-44-53-22-10-11-27-58(53)48-62)52-75(59-28-21-33-65(50-59)81-64-31-8-3-9-32-64)80(74)61-30-20-29-60(49-61)78-70-38-16-12-34-66(70)76(56-25-6-2-7-26-56)67-35-13-17-39-71(67)78/h1-43,45-53H,44H2. The van der Waals surface area contributed by atoms with Crippen LogP contribution in [0.15, 0.2) is 315 Å². The van der Waals surface area contributed by atoms with E-state index in [1.165, 1.54) is 93.2 Å². The molecule has 0 heterocycles. The monoisotopic (exact) mass is 1030 g/mol. The van der Waals surface area contributed by atoms with E-state index in [0.29, 0.717) is 5.92 Å². The average Bonchev–Trinajstić information content (AvgIpc) is 3.71. The number of rotatable bonds is 10. The predicted octanol–water partition coefficient (Wildman–Crippen LogP) is 22.2. The molecule has 0 aliphatic heterocycles. The number of benzene rings is 13. The molecule has 0 N–H and O–H groups in total. The second kappa shape index (κ2) is 20.5. The highest BCUT2D eigenvalue weighted by molar-refractivity contribution is 6.22. The minimum absolute atomic E-state index is 0.437. The topological polar surface area (TPSA) is 9.23 Å². The summed E-state index contributed by atoms with van der Waals surface area (Å²) >= 11 is 0. The molecular weight excluding hydrogens is 977 g/mol. The van der Waals surface area contributed by atoms with Gasteiger partial charge in [-0.1, -0.05) is 267 Å². The van der Waals surface area contributed by atoms with Gasteiger partial charge in [-0.2, -0.15) is 0 Å². The third-order valence-corrected chi connectivity index (χ3v) is 16.6. The molecule has 0 radical (unpaired) electrons. The van der Waals surface area contributed by atoms with E-state index >= 15 is 0 Å². The fourth-order valence-corrected chi connectivity index (χ4v) is 12.9.